The Bertz CT molecular complexity index is 961. The van der Waals surface area contributed by atoms with Crippen LogP contribution in [0.25, 0.3) is 5.69 Å². The van der Waals surface area contributed by atoms with Gasteiger partial charge >= 0.3 is 6.03 Å². The molecule has 3 aromatic rings. The monoisotopic (exact) mass is 408 g/mol. The number of hydrogen-bond donors (Lipinski definition) is 1. The zero-order valence-corrected chi connectivity index (χ0v) is 17.2. The molecule has 8 heteroatoms. The van der Waals surface area contributed by atoms with Crippen molar-refractivity contribution in [3.63, 3.8) is 0 Å². The van der Waals surface area contributed by atoms with E-state index < -0.39 is 0 Å². The largest absolute Gasteiger partial charge is 0.322 e. The Balaban J connectivity index is 1.48. The van der Waals surface area contributed by atoms with Gasteiger partial charge in [-0.3, -0.25) is 0 Å². The van der Waals surface area contributed by atoms with E-state index in [1.165, 1.54) is 17.3 Å². The summed E-state index contributed by atoms with van der Waals surface area (Å²) in [6.45, 7) is 0.784. The molecule has 1 N–H and O–H groups in total. The van der Waals surface area contributed by atoms with Gasteiger partial charge in [-0.2, -0.15) is 4.68 Å². The maximum absolute atomic E-state index is 13.1. The molecule has 0 bridgehead atoms. The number of carbonyl (C=O) groups is 1. The Morgan fingerprint density at radius 2 is 2.03 bits per heavy atom. The summed E-state index contributed by atoms with van der Waals surface area (Å²) in [5.74, 6) is 0. The van der Waals surface area contributed by atoms with Crippen LogP contribution in [0, 0.1) is 0 Å². The number of piperidine rings is 1. The van der Waals surface area contributed by atoms with E-state index in [0.29, 0.717) is 5.16 Å². The van der Waals surface area contributed by atoms with Gasteiger partial charge in [0.05, 0.1) is 5.69 Å². The van der Waals surface area contributed by atoms with E-state index in [-0.39, 0.29) is 12.1 Å². The number of anilines is 1. The number of carbonyl (C=O) groups excluding carboxylic acids is 1. The minimum absolute atomic E-state index is 0.0513. The number of urea groups is 1. The average Bonchev–Trinajstić information content (AvgIpc) is 3.24. The van der Waals surface area contributed by atoms with Crippen molar-refractivity contribution in [2.24, 2.45) is 0 Å². The summed E-state index contributed by atoms with van der Waals surface area (Å²) < 4.78 is 1.67. The Morgan fingerprint density at radius 1 is 1.17 bits per heavy atom. The van der Waals surface area contributed by atoms with Gasteiger partial charge < -0.3 is 10.2 Å². The van der Waals surface area contributed by atoms with Crippen molar-refractivity contribution in [2.45, 2.75) is 36.9 Å². The molecule has 1 aliphatic heterocycles. The van der Waals surface area contributed by atoms with E-state index in [9.17, 15) is 4.79 Å². The Hall–Kier alpha value is -2.87. The average molecular weight is 409 g/mol. The lowest BCUT2D eigenvalue weighted by molar-refractivity contribution is 0.162. The van der Waals surface area contributed by atoms with Crippen LogP contribution in [0.2, 0.25) is 0 Å². The van der Waals surface area contributed by atoms with Crippen LogP contribution in [0.5, 0.6) is 0 Å². The number of benzene rings is 2. The van der Waals surface area contributed by atoms with Crippen molar-refractivity contribution in [2.75, 3.05) is 18.1 Å². The van der Waals surface area contributed by atoms with E-state index >= 15 is 0 Å². The Labute approximate surface area is 174 Å². The van der Waals surface area contributed by atoms with E-state index in [2.05, 4.69) is 45.1 Å². The molecular weight excluding hydrogens is 384 g/mol. The summed E-state index contributed by atoms with van der Waals surface area (Å²) in [7, 11) is 0. The molecule has 7 nitrogen and oxygen atoms in total. The maximum Gasteiger partial charge on any atom is 0.322 e. The first-order chi connectivity index (χ1) is 14.2. The number of thioether (sulfide) groups is 1. The van der Waals surface area contributed by atoms with Crippen LogP contribution >= 0.6 is 11.8 Å². The van der Waals surface area contributed by atoms with Crippen molar-refractivity contribution in [1.29, 1.82) is 0 Å². The highest BCUT2D eigenvalue weighted by Gasteiger charge is 2.27. The van der Waals surface area contributed by atoms with Crippen LogP contribution in [0.1, 0.15) is 24.8 Å². The van der Waals surface area contributed by atoms with Gasteiger partial charge in [-0.1, -0.05) is 48.2 Å². The summed E-state index contributed by atoms with van der Waals surface area (Å²) in [5.41, 5.74) is 2.82. The van der Waals surface area contributed by atoms with Gasteiger partial charge in [0, 0.05) is 18.3 Å². The number of hydrogen-bond acceptors (Lipinski definition) is 5. The van der Waals surface area contributed by atoms with Gasteiger partial charge in [0.1, 0.15) is 0 Å². The maximum atomic E-state index is 13.1. The normalized spacial score (nSPS) is 16.6. The molecule has 29 heavy (non-hydrogen) atoms. The summed E-state index contributed by atoms with van der Waals surface area (Å²) in [4.78, 5) is 15.0. The Morgan fingerprint density at radius 3 is 2.86 bits per heavy atom. The van der Waals surface area contributed by atoms with Crippen LogP contribution in [0.15, 0.2) is 59.8 Å². The molecule has 1 atom stereocenters. The molecule has 1 fully saturated rings. The van der Waals surface area contributed by atoms with Gasteiger partial charge in [-0.15, -0.1) is 5.10 Å². The lowest BCUT2D eigenvalue weighted by atomic mass is 9.96. The van der Waals surface area contributed by atoms with E-state index in [1.54, 1.807) is 4.68 Å². The molecule has 0 saturated carbocycles. The highest BCUT2D eigenvalue weighted by molar-refractivity contribution is 7.98. The molecule has 2 aromatic carbocycles. The SMILES string of the molecule is CSc1nnnn1-c1cccc(NC(=O)N2CCCCC2Cc2ccccc2)c1. The first-order valence-electron chi connectivity index (χ1n) is 9.79. The minimum atomic E-state index is -0.0513. The van der Waals surface area contributed by atoms with Gasteiger partial charge in [0.2, 0.25) is 5.16 Å². The van der Waals surface area contributed by atoms with Crippen molar-refractivity contribution in [3.05, 3.63) is 60.2 Å². The number of tetrazole rings is 1. The summed E-state index contributed by atoms with van der Waals surface area (Å²) in [6, 6.07) is 18.2. The van der Waals surface area contributed by atoms with Crippen LogP contribution in [0.4, 0.5) is 10.5 Å². The third-order valence-corrected chi connectivity index (χ3v) is 5.79. The second-order valence-electron chi connectivity index (χ2n) is 7.09. The van der Waals surface area contributed by atoms with Crippen molar-refractivity contribution >= 4 is 23.5 Å². The van der Waals surface area contributed by atoms with Gasteiger partial charge in [-0.25, -0.2) is 4.79 Å². The fourth-order valence-electron chi connectivity index (χ4n) is 3.75. The standard InChI is InChI=1S/C21H24N6OS/c1-29-21-23-24-25-27(21)19-12-7-10-17(15-19)22-20(28)26-13-6-5-11-18(26)14-16-8-3-2-4-9-16/h2-4,7-10,12,15,18H,5-6,11,13-14H2,1H3,(H,22,28). The molecule has 4 rings (SSSR count). The third-order valence-electron chi connectivity index (χ3n) is 5.17. The number of rotatable bonds is 5. The predicted molar refractivity (Wildman–Crippen MR) is 114 cm³/mol. The van der Waals surface area contributed by atoms with E-state index in [0.717, 1.165) is 43.6 Å². The second-order valence-corrected chi connectivity index (χ2v) is 7.86. The lowest BCUT2D eigenvalue weighted by Gasteiger charge is -2.36. The zero-order valence-electron chi connectivity index (χ0n) is 16.4. The van der Waals surface area contributed by atoms with Crippen molar-refractivity contribution in [1.82, 2.24) is 25.1 Å². The van der Waals surface area contributed by atoms with Crippen LogP contribution in [0.3, 0.4) is 0 Å². The van der Waals surface area contributed by atoms with Gasteiger partial charge in [-0.05, 0) is 66.1 Å². The molecule has 0 spiro atoms. The molecule has 2 heterocycles. The predicted octanol–water partition coefficient (Wildman–Crippen LogP) is 4.01. The number of likely N-dealkylation sites (tertiary alicyclic amines) is 1. The fourth-order valence-corrected chi connectivity index (χ4v) is 4.18. The van der Waals surface area contributed by atoms with Crippen LogP contribution in [-0.4, -0.2) is 50.0 Å². The third kappa shape index (κ3) is 4.59. The van der Waals surface area contributed by atoms with Crippen LogP contribution in [-0.2, 0) is 6.42 Å². The molecule has 2 amide bonds. The number of aromatic nitrogens is 4. The van der Waals surface area contributed by atoms with Gasteiger partial charge in [0.25, 0.3) is 0 Å². The molecule has 150 valence electrons. The molecule has 1 aromatic heterocycles. The highest BCUT2D eigenvalue weighted by atomic mass is 32.2. The quantitative estimate of drug-likeness (QED) is 0.646. The molecular formula is C21H24N6OS. The minimum Gasteiger partial charge on any atom is -0.321 e. The van der Waals surface area contributed by atoms with E-state index in [1.807, 2.05) is 41.5 Å². The second kappa shape index (κ2) is 9.09. The number of nitrogens with zero attached hydrogens (tertiary/aromatic N) is 5. The first-order valence-corrected chi connectivity index (χ1v) is 11.0. The molecule has 1 saturated heterocycles. The summed E-state index contributed by atoms with van der Waals surface area (Å²) in [6.07, 6.45) is 6.05. The molecule has 0 aliphatic carbocycles. The molecule has 0 radical (unpaired) electrons. The smallest absolute Gasteiger partial charge is 0.321 e. The number of nitrogens with one attached hydrogen (secondary N) is 1. The summed E-state index contributed by atoms with van der Waals surface area (Å²) in [5, 5.41) is 15.5. The van der Waals surface area contributed by atoms with Gasteiger partial charge in [0.15, 0.2) is 0 Å². The molecule has 1 aliphatic rings. The molecule has 1 unspecified atom stereocenters. The highest BCUT2D eigenvalue weighted by Crippen LogP contribution is 2.23. The number of amides is 2. The van der Waals surface area contributed by atoms with E-state index in [4.69, 9.17) is 0 Å². The first kappa shape index (κ1) is 19.4. The summed E-state index contributed by atoms with van der Waals surface area (Å²) >= 11 is 1.47. The topological polar surface area (TPSA) is 75.9 Å². The van der Waals surface area contributed by atoms with Crippen LogP contribution < -0.4 is 5.32 Å². The zero-order chi connectivity index (χ0) is 20.1. The fraction of sp³-hybridized carbons (Fsp3) is 0.333. The van der Waals surface area contributed by atoms with Crippen molar-refractivity contribution < 1.29 is 4.79 Å². The Kier molecular flexibility index (Phi) is 6.09. The van der Waals surface area contributed by atoms with Crippen molar-refractivity contribution in [3.8, 4) is 5.69 Å². The lowest BCUT2D eigenvalue weighted by Crippen LogP contribution is -2.46.